The molecule has 0 saturated heterocycles. The molecule has 0 radical (unpaired) electrons. The maximum atomic E-state index is 14.0. The monoisotopic (exact) mass is 282 g/mol. The highest BCUT2D eigenvalue weighted by molar-refractivity contribution is 5.95. The van der Waals surface area contributed by atoms with E-state index in [0.29, 0.717) is 12.5 Å². The molecule has 0 atom stereocenters. The van der Waals surface area contributed by atoms with Gasteiger partial charge in [0.25, 0.3) is 5.91 Å². The summed E-state index contributed by atoms with van der Waals surface area (Å²) >= 11 is 0. The smallest absolute Gasteiger partial charge is 0.305 e. The predicted molar refractivity (Wildman–Crippen MR) is 68.8 cm³/mol. The molecule has 1 aliphatic carbocycles. The van der Waals surface area contributed by atoms with Crippen LogP contribution in [-0.2, 0) is 0 Å². The summed E-state index contributed by atoms with van der Waals surface area (Å²) in [5, 5.41) is 19.7. The molecule has 1 aromatic rings. The van der Waals surface area contributed by atoms with E-state index in [1.165, 1.54) is 17.0 Å². The normalized spacial score (nSPS) is 14.1. The topological polar surface area (TPSA) is 83.7 Å². The van der Waals surface area contributed by atoms with Gasteiger partial charge in [-0.1, -0.05) is 6.07 Å². The Bertz CT molecular complexity index is 531. The zero-order chi connectivity index (χ0) is 14.7. The first kappa shape index (κ1) is 14.4. The fraction of sp³-hybridized carbons (Fsp3) is 0.462. The number of benzene rings is 1. The predicted octanol–water partition coefficient (Wildman–Crippen LogP) is 1.58. The Balaban J connectivity index is 2.25. The Hall–Kier alpha value is -2.02. The molecule has 0 aliphatic heterocycles. The van der Waals surface area contributed by atoms with Crippen molar-refractivity contribution in [3.05, 3.63) is 39.7 Å². The summed E-state index contributed by atoms with van der Waals surface area (Å²) in [6.07, 6.45) is 2.01. The molecule has 1 N–H and O–H groups in total. The van der Waals surface area contributed by atoms with Crippen LogP contribution in [0.2, 0.25) is 0 Å². The van der Waals surface area contributed by atoms with Crippen LogP contribution in [0.3, 0.4) is 0 Å². The summed E-state index contributed by atoms with van der Waals surface area (Å²) in [5.74, 6) is -1.36. The first-order chi connectivity index (χ1) is 9.54. The van der Waals surface area contributed by atoms with E-state index in [9.17, 15) is 19.3 Å². The van der Waals surface area contributed by atoms with Gasteiger partial charge in [0.1, 0.15) is 0 Å². The number of carbonyl (C=O) groups excluding carboxylic acids is 1. The molecule has 20 heavy (non-hydrogen) atoms. The van der Waals surface area contributed by atoms with Crippen LogP contribution in [-0.4, -0.2) is 40.5 Å². The average Bonchev–Trinajstić information content (AvgIpc) is 3.21. The number of carbonyl (C=O) groups is 1. The fourth-order valence-corrected chi connectivity index (χ4v) is 2.00. The fourth-order valence-electron chi connectivity index (χ4n) is 2.00. The summed E-state index contributed by atoms with van der Waals surface area (Å²) in [7, 11) is 0. The molecule has 0 spiro atoms. The number of nitrogens with zero attached hydrogens (tertiary/aromatic N) is 2. The minimum Gasteiger partial charge on any atom is -0.395 e. The van der Waals surface area contributed by atoms with Gasteiger partial charge in [-0.2, -0.15) is 4.39 Å². The summed E-state index contributed by atoms with van der Waals surface area (Å²) < 4.78 is 14.0. The Morgan fingerprint density at radius 3 is 2.75 bits per heavy atom. The molecule has 0 bridgehead atoms. The van der Waals surface area contributed by atoms with Gasteiger partial charge in [-0.05, 0) is 24.8 Å². The van der Waals surface area contributed by atoms with Crippen molar-refractivity contribution < 1.29 is 19.2 Å². The molecule has 1 saturated carbocycles. The van der Waals surface area contributed by atoms with Crippen molar-refractivity contribution in [2.75, 3.05) is 19.7 Å². The number of hydrogen-bond acceptors (Lipinski definition) is 4. The van der Waals surface area contributed by atoms with Crippen molar-refractivity contribution in [2.45, 2.75) is 12.8 Å². The van der Waals surface area contributed by atoms with Crippen molar-refractivity contribution in [3.8, 4) is 0 Å². The van der Waals surface area contributed by atoms with E-state index in [0.717, 1.165) is 18.9 Å². The molecule has 2 rings (SSSR count). The first-order valence-corrected chi connectivity index (χ1v) is 6.37. The number of halogens is 1. The number of aliphatic hydroxyl groups is 1. The molecule has 1 aromatic carbocycles. The highest BCUT2D eigenvalue weighted by atomic mass is 19.1. The lowest BCUT2D eigenvalue weighted by molar-refractivity contribution is -0.387. The minimum atomic E-state index is -1.12. The van der Waals surface area contributed by atoms with Gasteiger partial charge >= 0.3 is 5.69 Å². The van der Waals surface area contributed by atoms with Crippen LogP contribution in [0, 0.1) is 21.8 Å². The second-order valence-corrected chi connectivity index (χ2v) is 4.81. The number of rotatable bonds is 6. The maximum absolute atomic E-state index is 14.0. The summed E-state index contributed by atoms with van der Waals surface area (Å²) in [6.45, 7) is 0.313. The Kier molecular flexibility index (Phi) is 4.29. The Morgan fingerprint density at radius 1 is 1.50 bits per heavy atom. The molecule has 0 unspecified atom stereocenters. The third-order valence-electron chi connectivity index (χ3n) is 3.24. The zero-order valence-corrected chi connectivity index (χ0v) is 10.8. The molecular weight excluding hydrogens is 267 g/mol. The highest BCUT2D eigenvalue weighted by Crippen LogP contribution is 2.30. The average molecular weight is 282 g/mol. The lowest BCUT2D eigenvalue weighted by Gasteiger charge is -2.21. The van der Waals surface area contributed by atoms with E-state index in [1.54, 1.807) is 0 Å². The number of hydrogen-bond donors (Lipinski definition) is 1. The summed E-state index contributed by atoms with van der Waals surface area (Å²) in [4.78, 5) is 23.4. The molecule has 1 amide bonds. The molecule has 1 fully saturated rings. The Morgan fingerprint density at radius 2 is 2.20 bits per heavy atom. The number of aliphatic hydroxyl groups excluding tert-OH is 1. The van der Waals surface area contributed by atoms with E-state index in [2.05, 4.69) is 0 Å². The molecule has 108 valence electrons. The van der Waals surface area contributed by atoms with Crippen LogP contribution in [0.25, 0.3) is 0 Å². The van der Waals surface area contributed by atoms with E-state index in [1.807, 2.05) is 0 Å². The lowest BCUT2D eigenvalue weighted by Crippen LogP contribution is -2.35. The number of nitro benzene ring substituents is 1. The van der Waals surface area contributed by atoms with Crippen molar-refractivity contribution in [2.24, 2.45) is 5.92 Å². The molecule has 7 heteroatoms. The third-order valence-corrected chi connectivity index (χ3v) is 3.24. The van der Waals surface area contributed by atoms with E-state index < -0.39 is 22.3 Å². The van der Waals surface area contributed by atoms with Crippen LogP contribution < -0.4 is 0 Å². The van der Waals surface area contributed by atoms with Crippen LogP contribution in [0.15, 0.2) is 18.2 Å². The second-order valence-electron chi connectivity index (χ2n) is 4.81. The molecule has 0 heterocycles. The standard InChI is InChI=1S/C13H15FN2O4/c14-12-10(2-1-3-11(12)16(19)20)13(18)15(6-7-17)8-9-4-5-9/h1-3,9,17H,4-8H2. The van der Waals surface area contributed by atoms with E-state index >= 15 is 0 Å². The minimum absolute atomic E-state index is 0.0947. The summed E-state index contributed by atoms with van der Waals surface area (Å²) in [5.41, 5.74) is -1.04. The van der Waals surface area contributed by atoms with Crippen LogP contribution in [0.5, 0.6) is 0 Å². The van der Waals surface area contributed by atoms with E-state index in [-0.39, 0.29) is 18.7 Å². The number of nitro groups is 1. The molecule has 1 aliphatic rings. The van der Waals surface area contributed by atoms with Gasteiger partial charge in [0.2, 0.25) is 5.82 Å². The molecule has 6 nitrogen and oxygen atoms in total. The second kappa shape index (κ2) is 5.96. The zero-order valence-electron chi connectivity index (χ0n) is 10.8. The van der Waals surface area contributed by atoms with Gasteiger partial charge in [-0.15, -0.1) is 0 Å². The van der Waals surface area contributed by atoms with Crippen LogP contribution in [0.4, 0.5) is 10.1 Å². The largest absolute Gasteiger partial charge is 0.395 e. The molecular formula is C13H15FN2O4. The van der Waals surface area contributed by atoms with Crippen molar-refractivity contribution in [3.63, 3.8) is 0 Å². The quantitative estimate of drug-likeness (QED) is 0.634. The van der Waals surface area contributed by atoms with Crippen LogP contribution >= 0.6 is 0 Å². The van der Waals surface area contributed by atoms with Crippen molar-refractivity contribution in [1.82, 2.24) is 4.90 Å². The maximum Gasteiger partial charge on any atom is 0.305 e. The van der Waals surface area contributed by atoms with Crippen molar-refractivity contribution in [1.29, 1.82) is 0 Å². The van der Waals surface area contributed by atoms with Gasteiger partial charge in [0, 0.05) is 19.2 Å². The van der Waals surface area contributed by atoms with Gasteiger partial charge in [-0.3, -0.25) is 14.9 Å². The van der Waals surface area contributed by atoms with Gasteiger partial charge in [0.15, 0.2) is 0 Å². The van der Waals surface area contributed by atoms with Gasteiger partial charge in [-0.25, -0.2) is 0 Å². The van der Waals surface area contributed by atoms with Crippen LogP contribution in [0.1, 0.15) is 23.2 Å². The highest BCUT2D eigenvalue weighted by Gasteiger charge is 2.29. The number of amides is 1. The summed E-state index contributed by atoms with van der Waals surface area (Å²) in [6, 6.07) is 3.52. The van der Waals surface area contributed by atoms with Crippen molar-refractivity contribution >= 4 is 11.6 Å². The van der Waals surface area contributed by atoms with Gasteiger partial charge in [0.05, 0.1) is 17.1 Å². The third kappa shape index (κ3) is 3.11. The SMILES string of the molecule is O=C(c1cccc([N+](=O)[O-])c1F)N(CCO)CC1CC1. The lowest BCUT2D eigenvalue weighted by atomic mass is 10.1. The molecule has 0 aromatic heterocycles. The van der Waals surface area contributed by atoms with E-state index in [4.69, 9.17) is 5.11 Å². The van der Waals surface area contributed by atoms with Gasteiger partial charge < -0.3 is 10.0 Å². The first-order valence-electron chi connectivity index (χ1n) is 6.37. The Labute approximate surface area is 115 Å².